The Kier molecular flexibility index (Phi) is 6.46. The van der Waals surface area contributed by atoms with Crippen LogP contribution < -0.4 is 10.2 Å². The van der Waals surface area contributed by atoms with Gasteiger partial charge in [0.15, 0.2) is 0 Å². The summed E-state index contributed by atoms with van der Waals surface area (Å²) < 4.78 is 26.0. The van der Waals surface area contributed by atoms with E-state index in [1.54, 1.807) is 12.1 Å². The van der Waals surface area contributed by atoms with E-state index in [1.165, 1.54) is 20.2 Å². The molecule has 0 bridgehead atoms. The lowest BCUT2D eigenvalue weighted by atomic mass is 10.1. The molecule has 1 aliphatic rings. The number of hydrogen-bond acceptors (Lipinski definition) is 4. The van der Waals surface area contributed by atoms with Gasteiger partial charge in [-0.05, 0) is 43.4 Å². The summed E-state index contributed by atoms with van der Waals surface area (Å²) in [6.45, 7) is 6.58. The SMILES string of the molecule is CC(C)CCNC(=O)c1cc(S(=O)(=O)N(C)C)ccc1N1CCCC1. The minimum atomic E-state index is -3.57. The van der Waals surface area contributed by atoms with Gasteiger partial charge in [-0.1, -0.05) is 13.8 Å². The van der Waals surface area contributed by atoms with Crippen LogP contribution in [0.2, 0.25) is 0 Å². The Morgan fingerprint density at radius 3 is 2.44 bits per heavy atom. The molecule has 25 heavy (non-hydrogen) atoms. The second kappa shape index (κ2) is 8.19. The van der Waals surface area contributed by atoms with Crippen LogP contribution >= 0.6 is 0 Å². The number of rotatable bonds is 7. The number of nitrogens with one attached hydrogen (secondary N) is 1. The molecular weight excluding hydrogens is 338 g/mol. The van der Waals surface area contributed by atoms with E-state index < -0.39 is 10.0 Å². The zero-order valence-corrected chi connectivity index (χ0v) is 16.4. The third kappa shape index (κ3) is 4.73. The number of carbonyl (C=O) groups is 1. The Hall–Kier alpha value is -1.60. The van der Waals surface area contributed by atoms with Crippen LogP contribution in [-0.2, 0) is 10.0 Å². The van der Waals surface area contributed by atoms with Gasteiger partial charge in [-0.15, -0.1) is 0 Å². The highest BCUT2D eigenvalue weighted by Crippen LogP contribution is 2.28. The van der Waals surface area contributed by atoms with Gasteiger partial charge in [0.2, 0.25) is 10.0 Å². The van der Waals surface area contributed by atoms with E-state index in [0.29, 0.717) is 18.0 Å². The number of anilines is 1. The van der Waals surface area contributed by atoms with Crippen molar-refractivity contribution in [3.63, 3.8) is 0 Å². The van der Waals surface area contributed by atoms with Crippen LogP contribution in [0.25, 0.3) is 0 Å². The molecule has 0 aromatic heterocycles. The third-order valence-corrected chi connectivity index (χ3v) is 6.26. The van der Waals surface area contributed by atoms with Gasteiger partial charge in [0, 0.05) is 39.4 Å². The summed E-state index contributed by atoms with van der Waals surface area (Å²) in [6.07, 6.45) is 3.07. The zero-order chi connectivity index (χ0) is 18.6. The van der Waals surface area contributed by atoms with Gasteiger partial charge >= 0.3 is 0 Å². The van der Waals surface area contributed by atoms with E-state index >= 15 is 0 Å². The van der Waals surface area contributed by atoms with Gasteiger partial charge in [0.25, 0.3) is 5.91 Å². The molecule has 1 aromatic carbocycles. The second-order valence-electron chi connectivity index (χ2n) is 7.10. The van der Waals surface area contributed by atoms with Crippen molar-refractivity contribution in [3.05, 3.63) is 23.8 Å². The molecule has 1 amide bonds. The molecule has 1 heterocycles. The normalized spacial score (nSPS) is 15.2. The van der Waals surface area contributed by atoms with E-state index in [4.69, 9.17) is 0 Å². The Balaban J connectivity index is 2.35. The van der Waals surface area contributed by atoms with Crippen LogP contribution in [0.3, 0.4) is 0 Å². The maximum absolute atomic E-state index is 12.7. The van der Waals surface area contributed by atoms with Crippen LogP contribution in [-0.4, -0.2) is 52.4 Å². The number of benzene rings is 1. The lowest BCUT2D eigenvalue weighted by Crippen LogP contribution is -2.29. The molecular formula is C18H29N3O3S. The molecule has 2 rings (SSSR count). The average Bonchev–Trinajstić information content (AvgIpc) is 3.07. The lowest BCUT2D eigenvalue weighted by Gasteiger charge is -2.22. The van der Waals surface area contributed by atoms with E-state index in [2.05, 4.69) is 24.1 Å². The largest absolute Gasteiger partial charge is 0.371 e. The predicted molar refractivity (Wildman–Crippen MR) is 101 cm³/mol. The molecule has 0 spiro atoms. The van der Waals surface area contributed by atoms with Crippen molar-refractivity contribution >= 4 is 21.6 Å². The molecule has 1 aliphatic heterocycles. The van der Waals surface area contributed by atoms with E-state index in [-0.39, 0.29) is 10.8 Å². The molecule has 1 saturated heterocycles. The number of amides is 1. The van der Waals surface area contributed by atoms with Crippen molar-refractivity contribution in [1.29, 1.82) is 0 Å². The molecule has 0 aliphatic carbocycles. The van der Waals surface area contributed by atoms with E-state index in [0.717, 1.165) is 42.3 Å². The Bertz CT molecular complexity index is 708. The summed E-state index contributed by atoms with van der Waals surface area (Å²) in [5.74, 6) is 0.289. The zero-order valence-electron chi connectivity index (χ0n) is 15.6. The van der Waals surface area contributed by atoms with Crippen molar-refractivity contribution in [2.75, 3.05) is 38.6 Å². The van der Waals surface area contributed by atoms with Crippen LogP contribution in [0.4, 0.5) is 5.69 Å². The summed E-state index contributed by atoms with van der Waals surface area (Å²) in [5, 5.41) is 2.93. The topological polar surface area (TPSA) is 69.7 Å². The molecule has 0 unspecified atom stereocenters. The molecule has 1 fully saturated rings. The van der Waals surface area contributed by atoms with Crippen molar-refractivity contribution in [2.45, 2.75) is 38.0 Å². The first kappa shape index (κ1) is 19.7. The van der Waals surface area contributed by atoms with Gasteiger partial charge < -0.3 is 10.2 Å². The predicted octanol–water partition coefficient (Wildman–Crippen LogP) is 2.31. The molecule has 6 nitrogen and oxygen atoms in total. The summed E-state index contributed by atoms with van der Waals surface area (Å²) in [5.41, 5.74) is 1.26. The summed E-state index contributed by atoms with van der Waals surface area (Å²) in [6, 6.07) is 4.86. The van der Waals surface area contributed by atoms with Crippen molar-refractivity contribution in [1.82, 2.24) is 9.62 Å². The molecule has 0 saturated carbocycles. The van der Waals surface area contributed by atoms with Crippen LogP contribution in [0.5, 0.6) is 0 Å². The standard InChI is InChI=1S/C18H29N3O3S/c1-14(2)9-10-19-18(22)16-13-15(25(23,24)20(3)4)7-8-17(16)21-11-5-6-12-21/h7-8,13-14H,5-6,9-12H2,1-4H3,(H,19,22). The second-order valence-corrected chi connectivity index (χ2v) is 9.25. The molecule has 140 valence electrons. The highest BCUT2D eigenvalue weighted by molar-refractivity contribution is 7.89. The van der Waals surface area contributed by atoms with Gasteiger partial charge in [0.1, 0.15) is 0 Å². The van der Waals surface area contributed by atoms with Crippen molar-refractivity contribution in [3.8, 4) is 0 Å². The Morgan fingerprint density at radius 2 is 1.88 bits per heavy atom. The maximum Gasteiger partial charge on any atom is 0.253 e. The third-order valence-electron chi connectivity index (χ3n) is 4.45. The van der Waals surface area contributed by atoms with E-state index in [9.17, 15) is 13.2 Å². The van der Waals surface area contributed by atoms with Crippen LogP contribution in [0, 0.1) is 5.92 Å². The molecule has 0 radical (unpaired) electrons. The minimum absolute atomic E-state index is 0.148. The van der Waals surface area contributed by atoms with Gasteiger partial charge in [-0.25, -0.2) is 12.7 Å². The van der Waals surface area contributed by atoms with Crippen LogP contribution in [0.15, 0.2) is 23.1 Å². The number of carbonyl (C=O) groups excluding carboxylic acids is 1. The van der Waals surface area contributed by atoms with Crippen LogP contribution in [0.1, 0.15) is 43.5 Å². The van der Waals surface area contributed by atoms with Crippen molar-refractivity contribution in [2.24, 2.45) is 5.92 Å². The fourth-order valence-corrected chi connectivity index (χ4v) is 3.80. The maximum atomic E-state index is 12.7. The Morgan fingerprint density at radius 1 is 1.24 bits per heavy atom. The molecule has 0 atom stereocenters. The van der Waals surface area contributed by atoms with E-state index in [1.807, 2.05) is 0 Å². The summed E-state index contributed by atoms with van der Waals surface area (Å²) in [7, 11) is -0.588. The average molecular weight is 368 g/mol. The Labute approximate surface area is 151 Å². The fourth-order valence-electron chi connectivity index (χ4n) is 2.87. The number of hydrogen-bond donors (Lipinski definition) is 1. The van der Waals surface area contributed by atoms with Gasteiger partial charge in [0.05, 0.1) is 10.5 Å². The monoisotopic (exact) mass is 367 g/mol. The highest BCUT2D eigenvalue weighted by atomic mass is 32.2. The highest BCUT2D eigenvalue weighted by Gasteiger charge is 2.24. The van der Waals surface area contributed by atoms with Gasteiger partial charge in [-0.2, -0.15) is 0 Å². The smallest absolute Gasteiger partial charge is 0.253 e. The lowest BCUT2D eigenvalue weighted by molar-refractivity contribution is 0.0952. The fraction of sp³-hybridized carbons (Fsp3) is 0.611. The summed E-state index contributed by atoms with van der Waals surface area (Å²) >= 11 is 0. The van der Waals surface area contributed by atoms with Crippen molar-refractivity contribution < 1.29 is 13.2 Å². The summed E-state index contributed by atoms with van der Waals surface area (Å²) in [4.78, 5) is 15.0. The number of nitrogens with zero attached hydrogens (tertiary/aromatic N) is 2. The van der Waals surface area contributed by atoms with Gasteiger partial charge in [-0.3, -0.25) is 4.79 Å². The molecule has 1 N–H and O–H groups in total. The quantitative estimate of drug-likeness (QED) is 0.803. The molecule has 1 aromatic rings. The minimum Gasteiger partial charge on any atom is -0.371 e. The number of sulfonamides is 1. The first-order chi connectivity index (χ1) is 11.7. The first-order valence-electron chi connectivity index (χ1n) is 8.83. The first-order valence-corrected chi connectivity index (χ1v) is 10.3. The molecule has 7 heteroatoms.